The molecule has 0 saturated heterocycles. The fraction of sp³-hybridized carbons (Fsp3) is 0.833. The van der Waals surface area contributed by atoms with Crippen molar-refractivity contribution in [2.24, 2.45) is 5.73 Å². The third kappa shape index (κ3) is 7.15. The van der Waals surface area contributed by atoms with Gasteiger partial charge < -0.3 is 25.8 Å². The summed E-state index contributed by atoms with van der Waals surface area (Å²) in [6, 6.07) is 0. The first kappa shape index (κ1) is 18.5. The molecule has 0 aliphatic rings. The second kappa shape index (κ2) is 10.3. The molecule has 8 nitrogen and oxygen atoms in total. The molecule has 2 atom stereocenters. The average molecular weight is 290 g/mol. The van der Waals surface area contributed by atoms with Crippen molar-refractivity contribution in [2.75, 3.05) is 26.2 Å². The Morgan fingerprint density at radius 2 is 1.45 bits per heavy atom. The summed E-state index contributed by atoms with van der Waals surface area (Å²) in [7, 11) is 0. The van der Waals surface area contributed by atoms with E-state index in [0.29, 0.717) is 26.2 Å². The zero-order valence-corrected chi connectivity index (χ0v) is 12.6. The standard InChI is InChI=1S/C12H26N4O4/c1-5-14-11(17)19-9(3)16(8-7-13)10(4)20-12(18)15-6-2/h9-10H,5-8,13H2,1-4H3,(H,14,17)(H,15,18). The zero-order chi connectivity index (χ0) is 15.5. The molecule has 8 heteroatoms. The number of amides is 2. The van der Waals surface area contributed by atoms with Crippen LogP contribution in [0, 0.1) is 0 Å². The van der Waals surface area contributed by atoms with Crippen molar-refractivity contribution in [3.8, 4) is 0 Å². The van der Waals surface area contributed by atoms with Crippen LogP contribution in [0.15, 0.2) is 0 Å². The molecule has 0 bridgehead atoms. The number of carbonyl (C=O) groups is 2. The Bertz CT molecular complexity index is 275. The lowest BCUT2D eigenvalue weighted by Gasteiger charge is -2.32. The topological polar surface area (TPSA) is 106 Å². The van der Waals surface area contributed by atoms with Crippen molar-refractivity contribution in [2.45, 2.75) is 40.2 Å². The molecule has 0 aromatic carbocycles. The number of nitrogens with two attached hydrogens (primary N) is 1. The van der Waals surface area contributed by atoms with Gasteiger partial charge in [0.2, 0.25) is 0 Å². The van der Waals surface area contributed by atoms with E-state index in [4.69, 9.17) is 15.2 Å². The molecule has 2 amide bonds. The first-order chi connectivity index (χ1) is 9.46. The zero-order valence-electron chi connectivity index (χ0n) is 12.6. The number of carbonyl (C=O) groups excluding carboxylic acids is 2. The molecule has 0 aromatic heterocycles. The summed E-state index contributed by atoms with van der Waals surface area (Å²) >= 11 is 0. The number of hydrogen-bond acceptors (Lipinski definition) is 6. The van der Waals surface area contributed by atoms with Gasteiger partial charge in [0.15, 0.2) is 12.5 Å². The molecule has 0 rings (SSSR count). The summed E-state index contributed by atoms with van der Waals surface area (Å²) in [5.41, 5.74) is 5.53. The van der Waals surface area contributed by atoms with Gasteiger partial charge in [0.05, 0.1) is 0 Å². The molecular weight excluding hydrogens is 264 g/mol. The Labute approximate surface area is 120 Å². The summed E-state index contributed by atoms with van der Waals surface area (Å²) in [6.45, 7) is 8.73. The molecule has 0 heterocycles. The van der Waals surface area contributed by atoms with E-state index in [9.17, 15) is 9.59 Å². The van der Waals surface area contributed by atoms with Crippen LogP contribution in [0.25, 0.3) is 0 Å². The minimum absolute atomic E-state index is 0.353. The van der Waals surface area contributed by atoms with E-state index in [-0.39, 0.29) is 0 Å². The van der Waals surface area contributed by atoms with Gasteiger partial charge in [-0.2, -0.15) is 0 Å². The summed E-state index contributed by atoms with van der Waals surface area (Å²) in [5.74, 6) is 0. The van der Waals surface area contributed by atoms with Gasteiger partial charge in [0.25, 0.3) is 0 Å². The van der Waals surface area contributed by atoms with E-state index in [2.05, 4.69) is 10.6 Å². The predicted molar refractivity (Wildman–Crippen MR) is 75.0 cm³/mol. The number of ether oxygens (including phenoxy) is 2. The van der Waals surface area contributed by atoms with Crippen LogP contribution in [0.1, 0.15) is 27.7 Å². The van der Waals surface area contributed by atoms with E-state index in [1.807, 2.05) is 0 Å². The second-order valence-corrected chi connectivity index (χ2v) is 4.10. The number of alkyl carbamates (subject to hydrolysis) is 2. The Kier molecular flexibility index (Phi) is 9.48. The summed E-state index contributed by atoms with van der Waals surface area (Å²) < 4.78 is 10.4. The Morgan fingerprint density at radius 3 is 1.75 bits per heavy atom. The third-order valence-electron chi connectivity index (χ3n) is 2.52. The minimum Gasteiger partial charge on any atom is -0.430 e. The Morgan fingerprint density at radius 1 is 1.05 bits per heavy atom. The molecule has 118 valence electrons. The van der Waals surface area contributed by atoms with Gasteiger partial charge in [-0.25, -0.2) is 14.5 Å². The van der Waals surface area contributed by atoms with Crippen LogP contribution in [0.3, 0.4) is 0 Å². The average Bonchev–Trinajstić information content (AvgIpc) is 2.35. The van der Waals surface area contributed by atoms with Gasteiger partial charge in [-0.05, 0) is 27.7 Å². The van der Waals surface area contributed by atoms with Crippen molar-refractivity contribution in [3.05, 3.63) is 0 Å². The summed E-state index contributed by atoms with van der Waals surface area (Å²) in [5, 5.41) is 5.07. The molecule has 4 N–H and O–H groups in total. The lowest BCUT2D eigenvalue weighted by atomic mass is 10.4. The highest BCUT2D eigenvalue weighted by Crippen LogP contribution is 2.08. The maximum absolute atomic E-state index is 11.4. The summed E-state index contributed by atoms with van der Waals surface area (Å²) in [4.78, 5) is 24.5. The minimum atomic E-state index is -0.561. The molecule has 0 saturated carbocycles. The molecule has 0 aliphatic carbocycles. The SMILES string of the molecule is CCNC(=O)OC(C)N(CCN)C(C)OC(=O)NCC. The quantitative estimate of drug-likeness (QED) is 0.560. The molecule has 0 aromatic rings. The normalized spacial score (nSPS) is 13.5. The molecule has 2 unspecified atom stereocenters. The van der Waals surface area contributed by atoms with Gasteiger partial charge in [-0.3, -0.25) is 0 Å². The monoisotopic (exact) mass is 290 g/mol. The van der Waals surface area contributed by atoms with Gasteiger partial charge in [0, 0.05) is 26.2 Å². The molecule has 20 heavy (non-hydrogen) atoms. The smallest absolute Gasteiger partial charge is 0.408 e. The molecule has 0 fully saturated rings. The second-order valence-electron chi connectivity index (χ2n) is 4.10. The number of nitrogens with zero attached hydrogens (tertiary/aromatic N) is 1. The van der Waals surface area contributed by atoms with Crippen LogP contribution in [0.2, 0.25) is 0 Å². The van der Waals surface area contributed by atoms with Crippen LogP contribution in [-0.4, -0.2) is 55.7 Å². The van der Waals surface area contributed by atoms with Gasteiger partial charge >= 0.3 is 12.2 Å². The van der Waals surface area contributed by atoms with E-state index in [1.54, 1.807) is 32.6 Å². The fourth-order valence-corrected chi connectivity index (χ4v) is 1.63. The highest BCUT2D eigenvalue weighted by atomic mass is 16.6. The number of hydrogen-bond donors (Lipinski definition) is 3. The Balaban J connectivity index is 4.51. The maximum atomic E-state index is 11.4. The maximum Gasteiger partial charge on any atom is 0.408 e. The molecule has 0 aliphatic heterocycles. The summed E-state index contributed by atoms with van der Waals surface area (Å²) in [6.07, 6.45) is -2.16. The fourth-order valence-electron chi connectivity index (χ4n) is 1.63. The van der Waals surface area contributed by atoms with E-state index in [1.165, 1.54) is 0 Å². The lowest BCUT2D eigenvalue weighted by molar-refractivity contribution is -0.0897. The lowest BCUT2D eigenvalue weighted by Crippen LogP contribution is -2.48. The first-order valence-electron chi connectivity index (χ1n) is 6.80. The highest BCUT2D eigenvalue weighted by molar-refractivity contribution is 5.67. The van der Waals surface area contributed by atoms with Gasteiger partial charge in [-0.15, -0.1) is 0 Å². The van der Waals surface area contributed by atoms with Crippen LogP contribution >= 0.6 is 0 Å². The van der Waals surface area contributed by atoms with Crippen LogP contribution in [-0.2, 0) is 9.47 Å². The van der Waals surface area contributed by atoms with Crippen LogP contribution in [0.5, 0.6) is 0 Å². The van der Waals surface area contributed by atoms with Crippen molar-refractivity contribution in [3.63, 3.8) is 0 Å². The van der Waals surface area contributed by atoms with Gasteiger partial charge in [-0.1, -0.05) is 0 Å². The molecule has 0 radical (unpaired) electrons. The number of nitrogens with one attached hydrogen (secondary N) is 2. The Hall–Kier alpha value is -1.54. The van der Waals surface area contributed by atoms with Crippen molar-refractivity contribution < 1.29 is 19.1 Å². The first-order valence-corrected chi connectivity index (χ1v) is 6.80. The number of rotatable bonds is 8. The predicted octanol–water partition coefficient (Wildman–Crippen LogP) is 0.431. The van der Waals surface area contributed by atoms with E-state index < -0.39 is 24.6 Å². The van der Waals surface area contributed by atoms with Gasteiger partial charge in [0.1, 0.15) is 0 Å². The van der Waals surface area contributed by atoms with Crippen LogP contribution in [0.4, 0.5) is 9.59 Å². The van der Waals surface area contributed by atoms with Crippen LogP contribution < -0.4 is 16.4 Å². The molecular formula is C12H26N4O4. The van der Waals surface area contributed by atoms with Crippen molar-refractivity contribution in [1.29, 1.82) is 0 Å². The van der Waals surface area contributed by atoms with E-state index in [0.717, 1.165) is 0 Å². The van der Waals surface area contributed by atoms with Crippen molar-refractivity contribution >= 4 is 12.2 Å². The highest BCUT2D eigenvalue weighted by Gasteiger charge is 2.25. The largest absolute Gasteiger partial charge is 0.430 e. The molecule has 0 spiro atoms. The van der Waals surface area contributed by atoms with E-state index >= 15 is 0 Å². The van der Waals surface area contributed by atoms with Crippen molar-refractivity contribution in [1.82, 2.24) is 15.5 Å². The third-order valence-corrected chi connectivity index (χ3v) is 2.52.